The first-order valence-corrected chi connectivity index (χ1v) is 7.41. The molecule has 2 fully saturated rings. The Morgan fingerprint density at radius 1 is 1.47 bits per heavy atom. The number of rotatable bonds is 5. The maximum absolute atomic E-state index is 11.5. The molecule has 0 bridgehead atoms. The summed E-state index contributed by atoms with van der Waals surface area (Å²) in [6.07, 6.45) is 6.13. The lowest BCUT2D eigenvalue weighted by molar-refractivity contribution is -0.124. The zero-order valence-electron chi connectivity index (χ0n) is 12.2. The molecule has 3 N–H and O–H groups in total. The molecule has 2 aliphatic rings. The Balaban J connectivity index is 1.92. The summed E-state index contributed by atoms with van der Waals surface area (Å²) in [4.78, 5) is 14.0. The van der Waals surface area contributed by atoms with Gasteiger partial charge in [0.1, 0.15) is 0 Å². The highest BCUT2D eigenvalue weighted by Gasteiger charge is 2.36. The molecule has 0 aromatic heterocycles. The molecular weight excluding hydrogens is 242 g/mol. The molecule has 1 heterocycles. The van der Waals surface area contributed by atoms with Crippen LogP contribution in [0, 0.1) is 0 Å². The Bertz CT molecular complexity index is 322. The first-order chi connectivity index (χ1) is 9.07. The molecule has 1 aliphatic heterocycles. The number of fused-ring (bicyclic) bond motifs is 1. The van der Waals surface area contributed by atoms with E-state index >= 15 is 0 Å². The number of nitrogens with zero attached hydrogens (tertiary/aromatic N) is 1. The summed E-state index contributed by atoms with van der Waals surface area (Å²) in [5, 5.41) is 3.06. The summed E-state index contributed by atoms with van der Waals surface area (Å²) >= 11 is 0. The molecule has 19 heavy (non-hydrogen) atoms. The van der Waals surface area contributed by atoms with Gasteiger partial charge in [-0.3, -0.25) is 9.69 Å². The lowest BCUT2D eigenvalue weighted by Crippen LogP contribution is -2.57. The number of hydrogen-bond donors (Lipinski definition) is 2. The van der Waals surface area contributed by atoms with Crippen LogP contribution in [-0.4, -0.2) is 55.2 Å². The number of primary amides is 1. The fourth-order valence-electron chi connectivity index (χ4n) is 3.19. The van der Waals surface area contributed by atoms with Crippen molar-refractivity contribution in [2.45, 2.75) is 56.7 Å². The van der Waals surface area contributed by atoms with E-state index in [0.29, 0.717) is 12.1 Å². The van der Waals surface area contributed by atoms with E-state index in [1.54, 1.807) is 7.05 Å². The van der Waals surface area contributed by atoms with Gasteiger partial charge in [-0.05, 0) is 33.2 Å². The maximum atomic E-state index is 11.5. The highest BCUT2D eigenvalue weighted by atomic mass is 16.5. The van der Waals surface area contributed by atoms with Gasteiger partial charge in [-0.25, -0.2) is 0 Å². The number of nitrogens with one attached hydrogen (secondary N) is 1. The molecular formula is C14H27N3O2. The molecule has 1 aliphatic carbocycles. The molecule has 1 saturated carbocycles. The van der Waals surface area contributed by atoms with Gasteiger partial charge in [0, 0.05) is 19.1 Å². The van der Waals surface area contributed by atoms with Gasteiger partial charge in [-0.15, -0.1) is 0 Å². The van der Waals surface area contributed by atoms with Crippen molar-refractivity contribution in [2.75, 3.05) is 26.7 Å². The average molecular weight is 269 g/mol. The van der Waals surface area contributed by atoms with Crippen molar-refractivity contribution in [3.63, 3.8) is 0 Å². The summed E-state index contributed by atoms with van der Waals surface area (Å²) in [5.41, 5.74) is 4.88. The summed E-state index contributed by atoms with van der Waals surface area (Å²) < 4.78 is 5.87. The minimum atomic E-state index is -0.609. The lowest BCUT2D eigenvalue weighted by atomic mass is 9.89. The van der Waals surface area contributed by atoms with Gasteiger partial charge in [0.25, 0.3) is 0 Å². The number of likely N-dealkylation sites (N-methyl/N-ethyl adjacent to an activating group) is 1. The van der Waals surface area contributed by atoms with Crippen molar-refractivity contribution >= 4 is 5.91 Å². The molecule has 3 atom stereocenters. The smallest absolute Gasteiger partial charge is 0.237 e. The second-order valence-electron chi connectivity index (χ2n) is 5.99. The van der Waals surface area contributed by atoms with Gasteiger partial charge in [-0.2, -0.15) is 0 Å². The molecule has 1 saturated heterocycles. The third-order valence-electron chi connectivity index (χ3n) is 4.84. The van der Waals surface area contributed by atoms with Crippen molar-refractivity contribution in [3.05, 3.63) is 0 Å². The van der Waals surface area contributed by atoms with Crippen LogP contribution in [0.3, 0.4) is 0 Å². The van der Waals surface area contributed by atoms with Crippen molar-refractivity contribution in [1.82, 2.24) is 10.2 Å². The van der Waals surface area contributed by atoms with Gasteiger partial charge in [0.2, 0.25) is 5.91 Å². The number of amides is 1. The van der Waals surface area contributed by atoms with Crippen LogP contribution in [0.2, 0.25) is 0 Å². The van der Waals surface area contributed by atoms with E-state index in [0.717, 1.165) is 26.1 Å². The van der Waals surface area contributed by atoms with E-state index in [1.165, 1.54) is 25.7 Å². The van der Waals surface area contributed by atoms with Gasteiger partial charge in [-0.1, -0.05) is 12.8 Å². The zero-order valence-corrected chi connectivity index (χ0v) is 12.2. The third-order valence-corrected chi connectivity index (χ3v) is 4.84. The van der Waals surface area contributed by atoms with Crippen molar-refractivity contribution < 1.29 is 9.53 Å². The second kappa shape index (κ2) is 6.20. The van der Waals surface area contributed by atoms with E-state index < -0.39 is 5.54 Å². The van der Waals surface area contributed by atoms with Crippen LogP contribution < -0.4 is 11.1 Å². The maximum Gasteiger partial charge on any atom is 0.237 e. The van der Waals surface area contributed by atoms with E-state index in [9.17, 15) is 4.79 Å². The molecule has 110 valence electrons. The number of nitrogens with two attached hydrogens (primary N) is 1. The Labute approximate surface area is 115 Å². The highest BCUT2D eigenvalue weighted by Crippen LogP contribution is 2.29. The Kier molecular flexibility index (Phi) is 4.81. The third kappa shape index (κ3) is 3.27. The number of ether oxygens (including phenoxy) is 1. The minimum Gasteiger partial charge on any atom is -0.375 e. The van der Waals surface area contributed by atoms with Crippen molar-refractivity contribution in [3.8, 4) is 0 Å². The Morgan fingerprint density at radius 2 is 2.21 bits per heavy atom. The van der Waals surface area contributed by atoms with Crippen molar-refractivity contribution in [2.24, 2.45) is 5.73 Å². The zero-order chi connectivity index (χ0) is 13.9. The number of carbonyl (C=O) groups excluding carboxylic acids is 1. The SMILES string of the molecule is CNC(C)(CCN1CCOC2CCCCC21)C(N)=O. The van der Waals surface area contributed by atoms with E-state index in [4.69, 9.17) is 10.5 Å². The van der Waals surface area contributed by atoms with Crippen molar-refractivity contribution in [1.29, 1.82) is 0 Å². The van der Waals surface area contributed by atoms with E-state index in [2.05, 4.69) is 10.2 Å². The Morgan fingerprint density at radius 3 is 2.89 bits per heavy atom. The first kappa shape index (κ1) is 14.8. The first-order valence-electron chi connectivity index (χ1n) is 7.41. The van der Waals surface area contributed by atoms with Crippen LogP contribution in [0.25, 0.3) is 0 Å². The largest absolute Gasteiger partial charge is 0.375 e. The van der Waals surface area contributed by atoms with Crippen LogP contribution in [0.15, 0.2) is 0 Å². The van der Waals surface area contributed by atoms with Crippen LogP contribution in [0.1, 0.15) is 39.0 Å². The van der Waals surface area contributed by atoms with Gasteiger partial charge < -0.3 is 15.8 Å². The molecule has 0 radical (unpaired) electrons. The monoisotopic (exact) mass is 269 g/mol. The quantitative estimate of drug-likeness (QED) is 0.762. The van der Waals surface area contributed by atoms with Gasteiger partial charge in [0.15, 0.2) is 0 Å². The summed E-state index contributed by atoms with van der Waals surface area (Å²) in [6, 6.07) is 0.538. The molecule has 0 aromatic carbocycles. The fourth-order valence-corrected chi connectivity index (χ4v) is 3.19. The Hall–Kier alpha value is -0.650. The molecule has 1 amide bonds. The highest BCUT2D eigenvalue weighted by molar-refractivity contribution is 5.84. The molecule has 3 unspecified atom stereocenters. The molecule has 5 heteroatoms. The van der Waals surface area contributed by atoms with Crippen LogP contribution in [0.5, 0.6) is 0 Å². The number of hydrogen-bond acceptors (Lipinski definition) is 4. The fraction of sp³-hybridized carbons (Fsp3) is 0.929. The molecule has 0 aromatic rings. The molecule has 2 rings (SSSR count). The van der Waals surface area contributed by atoms with Crippen LogP contribution in [-0.2, 0) is 9.53 Å². The van der Waals surface area contributed by atoms with Gasteiger partial charge in [0.05, 0.1) is 18.2 Å². The normalized spacial score (nSPS) is 31.5. The van der Waals surface area contributed by atoms with E-state index in [1.807, 2.05) is 6.92 Å². The summed E-state index contributed by atoms with van der Waals surface area (Å²) in [6.45, 7) is 4.58. The predicted octanol–water partition coefficient (Wildman–Crippen LogP) is 0.483. The van der Waals surface area contributed by atoms with Gasteiger partial charge >= 0.3 is 0 Å². The minimum absolute atomic E-state index is 0.275. The number of morpholine rings is 1. The topological polar surface area (TPSA) is 67.6 Å². The number of carbonyl (C=O) groups is 1. The second-order valence-corrected chi connectivity index (χ2v) is 5.99. The summed E-state index contributed by atoms with van der Waals surface area (Å²) in [7, 11) is 1.80. The van der Waals surface area contributed by atoms with Crippen LogP contribution >= 0.6 is 0 Å². The lowest BCUT2D eigenvalue weighted by Gasteiger charge is -2.44. The summed E-state index contributed by atoms with van der Waals surface area (Å²) in [5.74, 6) is -0.275. The molecule has 0 spiro atoms. The molecule has 5 nitrogen and oxygen atoms in total. The average Bonchev–Trinajstić information content (AvgIpc) is 2.44. The standard InChI is InChI=1S/C14H27N3O2/c1-14(16-2,13(15)18)7-8-17-9-10-19-12-6-4-3-5-11(12)17/h11-12,16H,3-10H2,1-2H3,(H2,15,18). The van der Waals surface area contributed by atoms with Crippen LogP contribution in [0.4, 0.5) is 0 Å². The predicted molar refractivity (Wildman–Crippen MR) is 74.8 cm³/mol. The van der Waals surface area contributed by atoms with E-state index in [-0.39, 0.29) is 5.91 Å².